The lowest BCUT2D eigenvalue weighted by Gasteiger charge is -2.31. The first-order valence-corrected chi connectivity index (χ1v) is 13.0. The molecule has 2 aromatic carbocycles. The van der Waals surface area contributed by atoms with Gasteiger partial charge < -0.3 is 4.90 Å². The highest BCUT2D eigenvalue weighted by molar-refractivity contribution is 8.00. The van der Waals surface area contributed by atoms with Crippen LogP contribution in [-0.2, 0) is 16.4 Å². The highest BCUT2D eigenvalue weighted by Crippen LogP contribution is 2.30. The summed E-state index contributed by atoms with van der Waals surface area (Å²) >= 11 is 0. The second kappa shape index (κ2) is 10.0. The Balaban J connectivity index is 1.27. The van der Waals surface area contributed by atoms with Crippen LogP contribution in [0.2, 0.25) is 0 Å². The summed E-state index contributed by atoms with van der Waals surface area (Å²) in [6.45, 7) is 7.73. The number of hydrogen-bond donors (Lipinski definition) is 1. The molecule has 2 aliphatic heterocycles. The molecule has 170 valence electrons. The van der Waals surface area contributed by atoms with E-state index in [-0.39, 0.29) is 0 Å². The number of rotatable bonds is 7. The Bertz CT molecular complexity index is 1080. The maximum atomic E-state index is 12.7. The number of aryl methyl sites for hydroxylation is 1. The molecule has 0 atom stereocenters. The van der Waals surface area contributed by atoms with Gasteiger partial charge in [0.2, 0.25) is 0 Å². The van der Waals surface area contributed by atoms with Crippen LogP contribution >= 0.6 is 0 Å². The van der Waals surface area contributed by atoms with Crippen molar-refractivity contribution in [1.82, 2.24) is 9.62 Å². The molecular weight excluding hydrogens is 418 g/mol. The molecule has 1 N–H and O–H groups in total. The summed E-state index contributed by atoms with van der Waals surface area (Å²) in [5.74, 6) is 1.26. The van der Waals surface area contributed by atoms with Gasteiger partial charge in [-0.05, 0) is 76.2 Å². The van der Waals surface area contributed by atoms with Crippen molar-refractivity contribution in [1.29, 1.82) is 0 Å². The summed E-state index contributed by atoms with van der Waals surface area (Å²) in [5.41, 5.74) is 3.96. The Labute approximate surface area is 192 Å². The van der Waals surface area contributed by atoms with Gasteiger partial charge in [0.15, 0.2) is 0 Å². The van der Waals surface area contributed by atoms with Crippen LogP contribution in [-0.4, -0.2) is 45.3 Å². The van der Waals surface area contributed by atoms with Crippen LogP contribution in [0.25, 0.3) is 4.91 Å². The van der Waals surface area contributed by atoms with E-state index >= 15 is 0 Å². The summed E-state index contributed by atoms with van der Waals surface area (Å²) in [6.07, 6.45) is 4.59. The van der Waals surface area contributed by atoms with Crippen LogP contribution in [0, 0.1) is 12.8 Å². The zero-order valence-electron chi connectivity index (χ0n) is 19.0. The number of likely N-dealkylation sites (tertiary alicyclic amines) is 1. The smallest absolute Gasteiger partial charge is 0.264 e. The van der Waals surface area contributed by atoms with Gasteiger partial charge in [-0.3, -0.25) is 9.71 Å². The zero-order chi connectivity index (χ0) is 22.6. The molecule has 0 unspecified atom stereocenters. The Hall–Kier alpha value is -2.44. The standard InChI is InChI=1S/C26H33N3O2S/c1-20-9-11-24(12-10-20)25-21(2)26(28-32(25,30)31)27-15-6-16-29-17-13-23(14-18-29)19-22-7-4-3-5-8-22/h3-5,7-12,23H,6,13-19H2,1-2H3,(H,27,28). The van der Waals surface area contributed by atoms with Crippen molar-refractivity contribution in [2.45, 2.75) is 39.5 Å². The van der Waals surface area contributed by atoms with Gasteiger partial charge in [-0.2, -0.15) is 0 Å². The van der Waals surface area contributed by atoms with E-state index in [1.165, 1.54) is 24.8 Å². The molecule has 4 rings (SSSR count). The maximum Gasteiger partial charge on any atom is 0.264 e. The summed E-state index contributed by atoms with van der Waals surface area (Å²) in [4.78, 5) is 7.45. The average molecular weight is 452 g/mol. The molecule has 0 aromatic heterocycles. The van der Waals surface area contributed by atoms with Crippen LogP contribution in [0.3, 0.4) is 0 Å². The van der Waals surface area contributed by atoms with Crippen molar-refractivity contribution in [3.05, 3.63) is 76.9 Å². The second-order valence-corrected chi connectivity index (χ2v) is 10.6. The molecule has 0 aliphatic carbocycles. The lowest BCUT2D eigenvalue weighted by atomic mass is 9.90. The second-order valence-electron chi connectivity index (χ2n) is 8.98. The summed E-state index contributed by atoms with van der Waals surface area (Å²) in [6, 6.07) is 18.4. The molecular formula is C26H33N3O2S. The van der Waals surface area contributed by atoms with E-state index in [1.807, 2.05) is 38.1 Å². The van der Waals surface area contributed by atoms with E-state index in [0.717, 1.165) is 37.5 Å². The molecule has 1 saturated heterocycles. The van der Waals surface area contributed by atoms with Crippen LogP contribution in [0.1, 0.15) is 42.9 Å². The summed E-state index contributed by atoms with van der Waals surface area (Å²) < 4.78 is 27.9. The van der Waals surface area contributed by atoms with Gasteiger partial charge in [0.05, 0.1) is 0 Å². The molecule has 6 heteroatoms. The fourth-order valence-corrected chi connectivity index (χ4v) is 6.16. The van der Waals surface area contributed by atoms with Gasteiger partial charge >= 0.3 is 0 Å². The summed E-state index contributed by atoms with van der Waals surface area (Å²) in [7, 11) is -3.55. The molecule has 2 heterocycles. The third-order valence-electron chi connectivity index (χ3n) is 6.49. The number of amidine groups is 1. The molecule has 0 radical (unpaired) electrons. The van der Waals surface area contributed by atoms with Crippen LogP contribution in [0.5, 0.6) is 0 Å². The number of hydrogen-bond acceptors (Lipinski definition) is 4. The Morgan fingerprint density at radius 2 is 1.69 bits per heavy atom. The molecule has 1 fully saturated rings. The largest absolute Gasteiger partial charge is 0.303 e. The number of nitrogens with one attached hydrogen (secondary N) is 1. The third-order valence-corrected chi connectivity index (χ3v) is 8.03. The molecule has 2 aliphatic rings. The maximum absolute atomic E-state index is 12.7. The predicted octanol–water partition coefficient (Wildman–Crippen LogP) is 4.40. The molecule has 5 nitrogen and oxygen atoms in total. The highest BCUT2D eigenvalue weighted by Gasteiger charge is 2.32. The van der Waals surface area contributed by atoms with Gasteiger partial charge in [0, 0.05) is 12.1 Å². The lowest BCUT2D eigenvalue weighted by Crippen LogP contribution is -2.35. The number of piperidine rings is 1. The van der Waals surface area contributed by atoms with Crippen LogP contribution in [0.4, 0.5) is 0 Å². The Morgan fingerprint density at radius 1 is 1.00 bits per heavy atom. The fraction of sp³-hybridized carbons (Fsp3) is 0.423. The first-order chi connectivity index (χ1) is 15.4. The van der Waals surface area contributed by atoms with Gasteiger partial charge in [0.25, 0.3) is 10.0 Å². The van der Waals surface area contributed by atoms with Gasteiger partial charge in [-0.15, -0.1) is 0 Å². The number of benzene rings is 2. The minimum Gasteiger partial charge on any atom is -0.303 e. The first-order valence-electron chi connectivity index (χ1n) is 11.5. The molecule has 0 bridgehead atoms. The average Bonchev–Trinajstić information content (AvgIpc) is 3.02. The third kappa shape index (κ3) is 5.48. The molecule has 32 heavy (non-hydrogen) atoms. The van der Waals surface area contributed by atoms with Crippen molar-refractivity contribution in [3.8, 4) is 0 Å². The van der Waals surface area contributed by atoms with Crippen molar-refractivity contribution in [2.75, 3.05) is 26.2 Å². The zero-order valence-corrected chi connectivity index (χ0v) is 19.9. The van der Waals surface area contributed by atoms with E-state index in [1.54, 1.807) is 0 Å². The topological polar surface area (TPSA) is 61.8 Å². The fourth-order valence-electron chi connectivity index (χ4n) is 4.64. The molecule has 0 saturated carbocycles. The first kappa shape index (κ1) is 22.7. The van der Waals surface area contributed by atoms with Crippen molar-refractivity contribution >= 4 is 20.8 Å². The highest BCUT2D eigenvalue weighted by atomic mass is 32.2. The van der Waals surface area contributed by atoms with Crippen molar-refractivity contribution in [3.63, 3.8) is 0 Å². The van der Waals surface area contributed by atoms with Crippen molar-refractivity contribution < 1.29 is 8.42 Å². The van der Waals surface area contributed by atoms with Crippen LogP contribution in [0.15, 0.2) is 65.2 Å². The van der Waals surface area contributed by atoms with Crippen LogP contribution < -0.4 is 4.72 Å². The summed E-state index contributed by atoms with van der Waals surface area (Å²) in [5, 5.41) is 0. The SMILES string of the molecule is CC1=C(c2ccc(C)cc2)S(=O)(=O)NC1=NCCCN1CCC(Cc2ccccc2)CC1. The van der Waals surface area contributed by atoms with Gasteiger partial charge in [-0.25, -0.2) is 8.42 Å². The minimum atomic E-state index is -3.55. The normalized spacial score (nSPS) is 20.6. The molecule has 2 aromatic rings. The predicted molar refractivity (Wildman–Crippen MR) is 132 cm³/mol. The van der Waals surface area contributed by atoms with Gasteiger partial charge in [-0.1, -0.05) is 60.2 Å². The lowest BCUT2D eigenvalue weighted by molar-refractivity contribution is 0.183. The van der Waals surface area contributed by atoms with E-state index in [9.17, 15) is 8.42 Å². The number of nitrogens with zero attached hydrogens (tertiary/aromatic N) is 2. The van der Waals surface area contributed by atoms with E-state index in [2.05, 4.69) is 44.9 Å². The van der Waals surface area contributed by atoms with Crippen molar-refractivity contribution in [2.24, 2.45) is 10.9 Å². The number of aliphatic imine (C=N–C) groups is 1. The Kier molecular flexibility index (Phi) is 7.11. The number of sulfonamides is 1. The Morgan fingerprint density at radius 3 is 2.38 bits per heavy atom. The van der Waals surface area contributed by atoms with E-state index in [4.69, 9.17) is 0 Å². The van der Waals surface area contributed by atoms with E-state index in [0.29, 0.717) is 28.4 Å². The molecule has 0 spiro atoms. The van der Waals surface area contributed by atoms with Gasteiger partial charge in [0.1, 0.15) is 10.7 Å². The quantitative estimate of drug-likeness (QED) is 0.635. The van der Waals surface area contributed by atoms with E-state index < -0.39 is 10.0 Å². The minimum absolute atomic E-state index is 0.344. The molecule has 0 amide bonds. The monoisotopic (exact) mass is 451 g/mol.